The predicted octanol–water partition coefficient (Wildman–Crippen LogP) is 3.05. The van der Waals surface area contributed by atoms with Crippen LogP contribution in [0, 0.1) is 0 Å². The molecular formula is C20H25N3O2. The number of carbonyl (C=O) groups excluding carboxylic acids is 1. The van der Waals surface area contributed by atoms with E-state index in [9.17, 15) is 4.79 Å². The summed E-state index contributed by atoms with van der Waals surface area (Å²) in [6.07, 6.45) is 6.06. The number of pyridine rings is 1. The van der Waals surface area contributed by atoms with Crippen molar-refractivity contribution >= 4 is 11.7 Å². The zero-order valence-electron chi connectivity index (χ0n) is 14.7. The fraction of sp³-hybridized carbons (Fsp3) is 0.400. The molecule has 0 bridgehead atoms. The first kappa shape index (κ1) is 17.3. The molecule has 0 atom stereocenters. The monoisotopic (exact) mass is 339 g/mol. The number of aromatic nitrogens is 1. The van der Waals surface area contributed by atoms with Crippen molar-refractivity contribution in [1.29, 1.82) is 0 Å². The molecule has 1 saturated heterocycles. The summed E-state index contributed by atoms with van der Waals surface area (Å²) in [5, 5.41) is 3.02. The SMILES string of the molecule is COc1ccccc1CCNC(=O)c1cccnc1N1CCCCC1. The summed E-state index contributed by atoms with van der Waals surface area (Å²) in [5.74, 6) is 1.59. The third kappa shape index (κ3) is 4.29. The number of rotatable bonds is 6. The van der Waals surface area contributed by atoms with Crippen molar-refractivity contribution in [3.8, 4) is 5.75 Å². The van der Waals surface area contributed by atoms with Gasteiger partial charge >= 0.3 is 0 Å². The number of benzene rings is 1. The average molecular weight is 339 g/mol. The van der Waals surface area contributed by atoms with Gasteiger partial charge < -0.3 is 15.0 Å². The van der Waals surface area contributed by atoms with E-state index in [1.165, 1.54) is 6.42 Å². The molecule has 132 valence electrons. The van der Waals surface area contributed by atoms with Crippen LogP contribution in [-0.2, 0) is 6.42 Å². The summed E-state index contributed by atoms with van der Waals surface area (Å²) < 4.78 is 5.36. The topological polar surface area (TPSA) is 54.5 Å². The Hall–Kier alpha value is -2.56. The number of anilines is 1. The molecule has 3 rings (SSSR count). The van der Waals surface area contributed by atoms with Crippen molar-refractivity contribution in [1.82, 2.24) is 10.3 Å². The van der Waals surface area contributed by atoms with Gasteiger partial charge in [0.25, 0.3) is 5.91 Å². The van der Waals surface area contributed by atoms with E-state index in [0.29, 0.717) is 12.1 Å². The number of hydrogen-bond donors (Lipinski definition) is 1. The van der Waals surface area contributed by atoms with E-state index in [1.807, 2.05) is 36.4 Å². The van der Waals surface area contributed by atoms with Crippen molar-refractivity contribution in [2.45, 2.75) is 25.7 Å². The highest BCUT2D eigenvalue weighted by atomic mass is 16.5. The fourth-order valence-electron chi connectivity index (χ4n) is 3.25. The summed E-state index contributed by atoms with van der Waals surface area (Å²) in [7, 11) is 1.66. The number of ether oxygens (including phenoxy) is 1. The first-order chi connectivity index (χ1) is 12.3. The smallest absolute Gasteiger partial charge is 0.255 e. The fourth-order valence-corrected chi connectivity index (χ4v) is 3.25. The minimum absolute atomic E-state index is 0.0661. The zero-order valence-corrected chi connectivity index (χ0v) is 14.7. The molecule has 2 heterocycles. The van der Waals surface area contributed by atoms with Gasteiger partial charge in [0.1, 0.15) is 11.6 Å². The van der Waals surface area contributed by atoms with Gasteiger partial charge in [-0.2, -0.15) is 0 Å². The molecule has 1 amide bonds. The van der Waals surface area contributed by atoms with Crippen molar-refractivity contribution in [2.75, 3.05) is 31.6 Å². The quantitative estimate of drug-likeness (QED) is 0.879. The molecule has 1 aromatic carbocycles. The number of nitrogens with one attached hydrogen (secondary N) is 1. The molecule has 1 aromatic heterocycles. The van der Waals surface area contributed by atoms with Gasteiger partial charge in [0.15, 0.2) is 0 Å². The van der Waals surface area contributed by atoms with Gasteiger partial charge in [0.2, 0.25) is 0 Å². The number of piperidine rings is 1. The van der Waals surface area contributed by atoms with Crippen LogP contribution in [0.25, 0.3) is 0 Å². The number of methoxy groups -OCH3 is 1. The minimum atomic E-state index is -0.0661. The molecule has 0 radical (unpaired) electrons. The number of carbonyl (C=O) groups is 1. The van der Waals surface area contributed by atoms with Crippen LogP contribution >= 0.6 is 0 Å². The van der Waals surface area contributed by atoms with E-state index in [1.54, 1.807) is 13.3 Å². The highest BCUT2D eigenvalue weighted by Crippen LogP contribution is 2.22. The predicted molar refractivity (Wildman–Crippen MR) is 99.3 cm³/mol. The summed E-state index contributed by atoms with van der Waals surface area (Å²) in [5.41, 5.74) is 1.75. The molecule has 1 aliphatic heterocycles. The van der Waals surface area contributed by atoms with Gasteiger partial charge in [0, 0.05) is 25.8 Å². The number of para-hydroxylation sites is 1. The third-order valence-electron chi connectivity index (χ3n) is 4.56. The van der Waals surface area contributed by atoms with Crippen molar-refractivity contribution in [3.05, 3.63) is 53.7 Å². The Labute approximate surface area is 149 Å². The Morgan fingerprint density at radius 1 is 1.16 bits per heavy atom. The highest BCUT2D eigenvalue weighted by Gasteiger charge is 2.19. The third-order valence-corrected chi connectivity index (χ3v) is 4.56. The van der Waals surface area contributed by atoms with Crippen LogP contribution in [0.2, 0.25) is 0 Å². The molecule has 25 heavy (non-hydrogen) atoms. The molecular weight excluding hydrogens is 314 g/mol. The van der Waals surface area contributed by atoms with E-state index in [-0.39, 0.29) is 5.91 Å². The van der Waals surface area contributed by atoms with Crippen LogP contribution in [0.4, 0.5) is 5.82 Å². The van der Waals surface area contributed by atoms with E-state index in [2.05, 4.69) is 15.2 Å². The second-order valence-corrected chi connectivity index (χ2v) is 6.24. The molecule has 1 fully saturated rings. The normalized spacial score (nSPS) is 14.2. The van der Waals surface area contributed by atoms with Crippen LogP contribution in [0.1, 0.15) is 35.2 Å². The van der Waals surface area contributed by atoms with Crippen molar-refractivity contribution in [3.63, 3.8) is 0 Å². The van der Waals surface area contributed by atoms with Crippen LogP contribution in [0.5, 0.6) is 5.75 Å². The molecule has 5 heteroatoms. The lowest BCUT2D eigenvalue weighted by Crippen LogP contribution is -2.34. The Balaban J connectivity index is 1.63. The summed E-state index contributed by atoms with van der Waals surface area (Å²) >= 11 is 0. The van der Waals surface area contributed by atoms with E-state index in [4.69, 9.17) is 4.74 Å². The Morgan fingerprint density at radius 2 is 1.96 bits per heavy atom. The van der Waals surface area contributed by atoms with Crippen LogP contribution < -0.4 is 15.0 Å². The largest absolute Gasteiger partial charge is 0.496 e. The average Bonchev–Trinajstić information content (AvgIpc) is 2.69. The number of amides is 1. The van der Waals surface area contributed by atoms with Gasteiger partial charge in [-0.1, -0.05) is 18.2 Å². The molecule has 0 spiro atoms. The number of nitrogens with zero attached hydrogens (tertiary/aromatic N) is 2. The maximum Gasteiger partial charge on any atom is 0.255 e. The molecule has 0 saturated carbocycles. The number of hydrogen-bond acceptors (Lipinski definition) is 4. The highest BCUT2D eigenvalue weighted by molar-refractivity contribution is 5.98. The molecule has 5 nitrogen and oxygen atoms in total. The van der Waals surface area contributed by atoms with Gasteiger partial charge in [-0.15, -0.1) is 0 Å². The maximum absolute atomic E-state index is 12.6. The van der Waals surface area contributed by atoms with Crippen LogP contribution in [-0.4, -0.2) is 37.6 Å². The molecule has 0 aliphatic carbocycles. The zero-order chi connectivity index (χ0) is 17.5. The van der Waals surface area contributed by atoms with Gasteiger partial charge in [-0.25, -0.2) is 4.98 Å². The lowest BCUT2D eigenvalue weighted by atomic mass is 10.1. The molecule has 0 unspecified atom stereocenters. The van der Waals surface area contributed by atoms with Gasteiger partial charge in [0.05, 0.1) is 12.7 Å². The summed E-state index contributed by atoms with van der Waals surface area (Å²) in [4.78, 5) is 19.3. The minimum Gasteiger partial charge on any atom is -0.496 e. The molecule has 2 aromatic rings. The first-order valence-corrected chi connectivity index (χ1v) is 8.89. The second kappa shape index (κ2) is 8.51. The first-order valence-electron chi connectivity index (χ1n) is 8.89. The van der Waals surface area contributed by atoms with E-state index >= 15 is 0 Å². The lowest BCUT2D eigenvalue weighted by molar-refractivity contribution is 0.0954. The van der Waals surface area contributed by atoms with E-state index < -0.39 is 0 Å². The Bertz CT molecular complexity index is 712. The lowest BCUT2D eigenvalue weighted by Gasteiger charge is -2.29. The maximum atomic E-state index is 12.6. The standard InChI is InChI=1S/C20H25N3O2/c1-25-18-10-4-3-8-16(18)11-13-22-20(24)17-9-7-12-21-19(17)23-14-5-2-6-15-23/h3-4,7-10,12H,2,5-6,11,13-15H2,1H3,(H,22,24). The van der Waals surface area contributed by atoms with E-state index in [0.717, 1.165) is 49.5 Å². The summed E-state index contributed by atoms with van der Waals surface area (Å²) in [6.45, 7) is 2.50. The molecule has 1 aliphatic rings. The Morgan fingerprint density at radius 3 is 2.76 bits per heavy atom. The van der Waals surface area contributed by atoms with Crippen molar-refractivity contribution in [2.24, 2.45) is 0 Å². The van der Waals surface area contributed by atoms with Crippen LogP contribution in [0.15, 0.2) is 42.6 Å². The summed E-state index contributed by atoms with van der Waals surface area (Å²) in [6, 6.07) is 11.6. The van der Waals surface area contributed by atoms with Crippen molar-refractivity contribution < 1.29 is 9.53 Å². The van der Waals surface area contributed by atoms with Crippen LogP contribution in [0.3, 0.4) is 0 Å². The van der Waals surface area contributed by atoms with Gasteiger partial charge in [-0.05, 0) is 49.4 Å². The van der Waals surface area contributed by atoms with Gasteiger partial charge in [-0.3, -0.25) is 4.79 Å². The second-order valence-electron chi connectivity index (χ2n) is 6.24. The Kier molecular flexibility index (Phi) is 5.88. The molecule has 1 N–H and O–H groups in total.